The van der Waals surface area contributed by atoms with Gasteiger partial charge in [-0.1, -0.05) is 12.1 Å². The van der Waals surface area contributed by atoms with Gasteiger partial charge in [-0.25, -0.2) is 17.6 Å². The minimum Gasteiger partial charge on any atom is -0.207 e. The average Bonchev–Trinajstić information content (AvgIpc) is 2.25. The van der Waals surface area contributed by atoms with Crippen LogP contribution in [0.2, 0.25) is 0 Å². The van der Waals surface area contributed by atoms with E-state index < -0.39 is 23.3 Å². The summed E-state index contributed by atoms with van der Waals surface area (Å²) >= 11 is 0. The van der Waals surface area contributed by atoms with Crippen molar-refractivity contribution >= 4 is 0 Å². The Bertz CT molecular complexity index is 517. The average molecular weight is 226 g/mol. The SMILES string of the molecule is Fc1ccc(-c2cc(F)cc(F)c2F)cc1. The minimum atomic E-state index is -1.26. The van der Waals surface area contributed by atoms with Gasteiger partial charge in [-0.3, -0.25) is 0 Å². The molecule has 0 radical (unpaired) electrons. The topological polar surface area (TPSA) is 0 Å². The Kier molecular flexibility index (Phi) is 2.64. The Hall–Kier alpha value is -1.84. The van der Waals surface area contributed by atoms with Gasteiger partial charge in [0.1, 0.15) is 11.6 Å². The summed E-state index contributed by atoms with van der Waals surface area (Å²) in [6.07, 6.45) is 0. The van der Waals surface area contributed by atoms with E-state index >= 15 is 0 Å². The van der Waals surface area contributed by atoms with Gasteiger partial charge in [-0.05, 0) is 23.8 Å². The predicted molar refractivity (Wildman–Crippen MR) is 51.7 cm³/mol. The molecule has 0 nitrogen and oxygen atoms in total. The Morgan fingerprint density at radius 2 is 1.31 bits per heavy atom. The minimum absolute atomic E-state index is 0.220. The van der Waals surface area contributed by atoms with Crippen LogP contribution in [-0.4, -0.2) is 0 Å². The fourth-order valence-electron chi connectivity index (χ4n) is 1.40. The van der Waals surface area contributed by atoms with Crippen molar-refractivity contribution in [2.75, 3.05) is 0 Å². The van der Waals surface area contributed by atoms with Gasteiger partial charge in [0.25, 0.3) is 0 Å². The van der Waals surface area contributed by atoms with Crippen LogP contribution in [-0.2, 0) is 0 Å². The van der Waals surface area contributed by atoms with Crippen LogP contribution in [0.15, 0.2) is 36.4 Å². The monoisotopic (exact) mass is 226 g/mol. The fraction of sp³-hybridized carbons (Fsp3) is 0. The standard InChI is InChI=1S/C12H6F4/c13-8-3-1-7(2-4-8)10-5-9(14)6-11(15)12(10)16/h1-6H. The molecule has 0 saturated carbocycles. The molecule has 0 heterocycles. The molecule has 0 aromatic heterocycles. The highest BCUT2D eigenvalue weighted by Gasteiger charge is 2.12. The van der Waals surface area contributed by atoms with E-state index in [1.165, 1.54) is 12.1 Å². The molecule has 0 unspecified atom stereocenters. The van der Waals surface area contributed by atoms with E-state index in [0.29, 0.717) is 6.07 Å². The van der Waals surface area contributed by atoms with Gasteiger partial charge in [0.05, 0.1) is 0 Å². The summed E-state index contributed by atoms with van der Waals surface area (Å²) in [6, 6.07) is 6.03. The summed E-state index contributed by atoms with van der Waals surface area (Å²) in [5, 5.41) is 0. The van der Waals surface area contributed by atoms with E-state index in [-0.39, 0.29) is 11.1 Å². The van der Waals surface area contributed by atoms with Crippen molar-refractivity contribution in [3.63, 3.8) is 0 Å². The molecule has 0 atom stereocenters. The largest absolute Gasteiger partial charge is 0.207 e. The third-order valence-corrected chi connectivity index (χ3v) is 2.15. The Labute approximate surface area is 89.2 Å². The van der Waals surface area contributed by atoms with Gasteiger partial charge in [-0.15, -0.1) is 0 Å². The molecule has 0 fully saturated rings. The second-order valence-electron chi connectivity index (χ2n) is 3.26. The molecule has 82 valence electrons. The van der Waals surface area contributed by atoms with E-state index in [1.807, 2.05) is 0 Å². The van der Waals surface area contributed by atoms with Crippen molar-refractivity contribution < 1.29 is 17.6 Å². The summed E-state index contributed by atoms with van der Waals surface area (Å²) < 4.78 is 51.8. The third-order valence-electron chi connectivity index (χ3n) is 2.15. The first-order valence-electron chi connectivity index (χ1n) is 4.48. The molecule has 0 aliphatic carbocycles. The van der Waals surface area contributed by atoms with Gasteiger partial charge >= 0.3 is 0 Å². The molecule has 16 heavy (non-hydrogen) atoms. The van der Waals surface area contributed by atoms with Crippen LogP contribution in [0, 0.1) is 23.3 Å². The van der Waals surface area contributed by atoms with Crippen molar-refractivity contribution in [1.29, 1.82) is 0 Å². The number of benzene rings is 2. The van der Waals surface area contributed by atoms with Gasteiger partial charge < -0.3 is 0 Å². The zero-order chi connectivity index (χ0) is 11.7. The normalized spacial score (nSPS) is 10.5. The third kappa shape index (κ3) is 1.91. The van der Waals surface area contributed by atoms with Crippen LogP contribution >= 0.6 is 0 Å². The quantitative estimate of drug-likeness (QED) is 0.510. The maximum atomic E-state index is 13.3. The highest BCUT2D eigenvalue weighted by Crippen LogP contribution is 2.25. The zero-order valence-electron chi connectivity index (χ0n) is 7.98. The smallest absolute Gasteiger partial charge is 0.166 e. The molecule has 2 rings (SSSR count). The van der Waals surface area contributed by atoms with E-state index in [2.05, 4.69) is 0 Å². The first-order chi connectivity index (χ1) is 7.58. The van der Waals surface area contributed by atoms with E-state index in [9.17, 15) is 17.6 Å². The van der Waals surface area contributed by atoms with Gasteiger partial charge in [-0.2, -0.15) is 0 Å². The number of hydrogen-bond donors (Lipinski definition) is 0. The molecule has 0 aliphatic rings. The molecule has 0 amide bonds. The number of rotatable bonds is 1. The molecular weight excluding hydrogens is 220 g/mol. The van der Waals surface area contributed by atoms with Crippen LogP contribution in [0.1, 0.15) is 0 Å². The zero-order valence-corrected chi connectivity index (χ0v) is 7.98. The predicted octanol–water partition coefficient (Wildman–Crippen LogP) is 3.91. The Morgan fingerprint density at radius 1 is 0.688 bits per heavy atom. The summed E-state index contributed by atoms with van der Waals surface area (Å²) in [7, 11) is 0. The molecular formula is C12H6F4. The molecule has 2 aromatic carbocycles. The summed E-state index contributed by atoms with van der Waals surface area (Å²) in [6.45, 7) is 0. The number of halogens is 4. The second kappa shape index (κ2) is 3.96. The molecule has 4 heteroatoms. The summed E-state index contributed by atoms with van der Waals surface area (Å²) in [4.78, 5) is 0. The van der Waals surface area contributed by atoms with Crippen LogP contribution in [0.3, 0.4) is 0 Å². The lowest BCUT2D eigenvalue weighted by molar-refractivity contribution is 0.497. The van der Waals surface area contributed by atoms with Crippen molar-refractivity contribution in [2.45, 2.75) is 0 Å². The molecule has 0 saturated heterocycles. The Balaban J connectivity index is 2.59. The maximum Gasteiger partial charge on any atom is 0.166 e. The van der Waals surface area contributed by atoms with E-state index in [4.69, 9.17) is 0 Å². The number of hydrogen-bond acceptors (Lipinski definition) is 0. The van der Waals surface area contributed by atoms with Crippen LogP contribution in [0.5, 0.6) is 0 Å². The highest BCUT2D eigenvalue weighted by atomic mass is 19.2. The molecule has 2 aromatic rings. The first-order valence-corrected chi connectivity index (χ1v) is 4.48. The van der Waals surface area contributed by atoms with Crippen molar-refractivity contribution in [3.05, 3.63) is 59.7 Å². The lowest BCUT2D eigenvalue weighted by atomic mass is 10.0. The van der Waals surface area contributed by atoms with Crippen LogP contribution in [0.4, 0.5) is 17.6 Å². The van der Waals surface area contributed by atoms with Crippen LogP contribution < -0.4 is 0 Å². The second-order valence-corrected chi connectivity index (χ2v) is 3.26. The van der Waals surface area contributed by atoms with Gasteiger partial charge in [0, 0.05) is 11.6 Å². The first kappa shape index (κ1) is 10.7. The van der Waals surface area contributed by atoms with Crippen LogP contribution in [0.25, 0.3) is 11.1 Å². The molecule has 0 aliphatic heterocycles. The molecule has 0 N–H and O–H groups in total. The molecule has 0 spiro atoms. The van der Waals surface area contributed by atoms with Gasteiger partial charge in [0.2, 0.25) is 0 Å². The van der Waals surface area contributed by atoms with Gasteiger partial charge in [0.15, 0.2) is 11.6 Å². The van der Waals surface area contributed by atoms with E-state index in [1.54, 1.807) is 0 Å². The lowest BCUT2D eigenvalue weighted by Crippen LogP contribution is -1.92. The molecule has 0 bridgehead atoms. The highest BCUT2D eigenvalue weighted by molar-refractivity contribution is 5.64. The van der Waals surface area contributed by atoms with Crippen molar-refractivity contribution in [3.8, 4) is 11.1 Å². The lowest BCUT2D eigenvalue weighted by Gasteiger charge is -2.04. The Morgan fingerprint density at radius 3 is 1.94 bits per heavy atom. The van der Waals surface area contributed by atoms with Crippen molar-refractivity contribution in [2.24, 2.45) is 0 Å². The summed E-state index contributed by atoms with van der Waals surface area (Å²) in [5.74, 6) is -3.79. The maximum absolute atomic E-state index is 13.3. The van der Waals surface area contributed by atoms with Crippen molar-refractivity contribution in [1.82, 2.24) is 0 Å². The fourth-order valence-corrected chi connectivity index (χ4v) is 1.40. The summed E-state index contributed by atoms with van der Waals surface area (Å²) in [5.41, 5.74) is -0.00481. The van der Waals surface area contributed by atoms with E-state index in [0.717, 1.165) is 18.2 Å².